The molecule has 1 amide bonds. The van der Waals surface area contributed by atoms with E-state index in [2.05, 4.69) is 0 Å². The lowest BCUT2D eigenvalue weighted by Gasteiger charge is -2.22. The smallest absolute Gasteiger partial charge is 0.275 e. The van der Waals surface area contributed by atoms with E-state index in [1.54, 1.807) is 30.4 Å². The third-order valence-corrected chi connectivity index (χ3v) is 6.98. The fourth-order valence-corrected chi connectivity index (χ4v) is 5.13. The summed E-state index contributed by atoms with van der Waals surface area (Å²) < 4.78 is 28.5. The molecule has 1 aromatic heterocycles. The van der Waals surface area contributed by atoms with Gasteiger partial charge < -0.3 is 9.47 Å². The van der Waals surface area contributed by atoms with Gasteiger partial charge in [-0.05, 0) is 31.0 Å². The highest BCUT2D eigenvalue weighted by molar-refractivity contribution is 7.89. The summed E-state index contributed by atoms with van der Waals surface area (Å²) in [5.74, 6) is -0.175. The zero-order valence-corrected chi connectivity index (χ0v) is 16.5. The Hall–Kier alpha value is -2.12. The Morgan fingerprint density at radius 3 is 2.54 bits per heavy atom. The van der Waals surface area contributed by atoms with Crippen LogP contribution in [0.4, 0.5) is 5.69 Å². The molecule has 140 valence electrons. The van der Waals surface area contributed by atoms with Crippen LogP contribution in [0.25, 0.3) is 0 Å². The predicted octanol–water partition coefficient (Wildman–Crippen LogP) is 2.65. The van der Waals surface area contributed by atoms with E-state index >= 15 is 0 Å². The maximum Gasteiger partial charge on any atom is 0.275 e. The van der Waals surface area contributed by atoms with Gasteiger partial charge in [0.1, 0.15) is 10.6 Å². The molecule has 0 aliphatic carbocycles. The van der Waals surface area contributed by atoms with Crippen LogP contribution < -0.4 is 4.90 Å². The first-order valence-electron chi connectivity index (χ1n) is 8.89. The van der Waals surface area contributed by atoms with Crippen LogP contribution in [0.15, 0.2) is 41.4 Å². The molecule has 0 fully saturated rings. The summed E-state index contributed by atoms with van der Waals surface area (Å²) in [4.78, 5) is 15.1. The van der Waals surface area contributed by atoms with Crippen LogP contribution in [0.3, 0.4) is 0 Å². The minimum absolute atomic E-state index is 0.0395. The topological polar surface area (TPSA) is 62.6 Å². The fourth-order valence-electron chi connectivity index (χ4n) is 3.60. The SMILES string of the molecule is CCN(CC)S(=O)(=O)c1cc(C(=O)N2c3ccccc3CC2C)n(C)c1. The molecule has 3 rings (SSSR count). The lowest BCUT2D eigenvalue weighted by Crippen LogP contribution is -2.36. The van der Waals surface area contributed by atoms with Gasteiger partial charge in [0, 0.05) is 38.1 Å². The molecule has 0 N–H and O–H groups in total. The number of aryl methyl sites for hydroxylation is 1. The molecular formula is C19H25N3O3S. The van der Waals surface area contributed by atoms with Crippen LogP contribution in [0.5, 0.6) is 0 Å². The molecular weight excluding hydrogens is 350 g/mol. The van der Waals surface area contributed by atoms with E-state index in [-0.39, 0.29) is 16.8 Å². The van der Waals surface area contributed by atoms with Crippen LogP contribution in [-0.4, -0.2) is 42.3 Å². The minimum atomic E-state index is -3.59. The van der Waals surface area contributed by atoms with E-state index in [1.165, 1.54) is 16.6 Å². The van der Waals surface area contributed by atoms with E-state index in [9.17, 15) is 13.2 Å². The number of hydrogen-bond acceptors (Lipinski definition) is 3. The quantitative estimate of drug-likeness (QED) is 0.807. The number of nitrogens with zero attached hydrogens (tertiary/aromatic N) is 3. The van der Waals surface area contributed by atoms with Crippen molar-refractivity contribution in [2.45, 2.75) is 38.1 Å². The first-order chi connectivity index (χ1) is 12.3. The van der Waals surface area contributed by atoms with Crippen LogP contribution in [-0.2, 0) is 23.5 Å². The number of aromatic nitrogens is 1. The zero-order valence-electron chi connectivity index (χ0n) is 15.6. The second-order valence-corrected chi connectivity index (χ2v) is 8.56. The molecule has 1 aromatic carbocycles. The van der Waals surface area contributed by atoms with Gasteiger partial charge in [0.2, 0.25) is 10.0 Å². The molecule has 2 heterocycles. The van der Waals surface area contributed by atoms with Crippen molar-refractivity contribution in [1.29, 1.82) is 0 Å². The average molecular weight is 375 g/mol. The third-order valence-electron chi connectivity index (χ3n) is 4.97. The van der Waals surface area contributed by atoms with Crippen LogP contribution in [0.2, 0.25) is 0 Å². The normalized spacial score (nSPS) is 17.0. The molecule has 0 radical (unpaired) electrons. The summed E-state index contributed by atoms with van der Waals surface area (Å²) >= 11 is 0. The summed E-state index contributed by atoms with van der Waals surface area (Å²) in [7, 11) is -1.88. The van der Waals surface area contributed by atoms with E-state index in [0.29, 0.717) is 18.8 Å². The molecule has 1 unspecified atom stereocenters. The lowest BCUT2D eigenvalue weighted by molar-refractivity contribution is 0.0973. The first kappa shape index (κ1) is 18.7. The molecule has 7 heteroatoms. The van der Waals surface area contributed by atoms with Crippen molar-refractivity contribution in [1.82, 2.24) is 8.87 Å². The van der Waals surface area contributed by atoms with Gasteiger partial charge in [-0.3, -0.25) is 4.79 Å². The van der Waals surface area contributed by atoms with Gasteiger partial charge in [0.15, 0.2) is 0 Å². The van der Waals surface area contributed by atoms with E-state index in [0.717, 1.165) is 17.7 Å². The number of rotatable bonds is 5. The molecule has 26 heavy (non-hydrogen) atoms. The third kappa shape index (κ3) is 2.95. The number of para-hydroxylation sites is 1. The Morgan fingerprint density at radius 2 is 1.88 bits per heavy atom. The monoisotopic (exact) mass is 375 g/mol. The summed E-state index contributed by atoms with van der Waals surface area (Å²) in [5, 5.41) is 0. The number of sulfonamides is 1. The standard InChI is InChI=1S/C19H25N3O3S/c1-5-21(6-2)26(24,25)16-12-18(20(4)13-16)19(23)22-14(3)11-15-9-7-8-10-17(15)22/h7-10,12-14H,5-6,11H2,1-4H3. The molecule has 6 nitrogen and oxygen atoms in total. The van der Waals surface area contributed by atoms with Crippen LogP contribution in [0.1, 0.15) is 36.8 Å². The van der Waals surface area contributed by atoms with Crippen LogP contribution in [0, 0.1) is 0 Å². The van der Waals surface area contributed by atoms with Crippen molar-refractivity contribution < 1.29 is 13.2 Å². The van der Waals surface area contributed by atoms with Crippen molar-refractivity contribution >= 4 is 21.6 Å². The van der Waals surface area contributed by atoms with Crippen LogP contribution >= 0.6 is 0 Å². The van der Waals surface area contributed by atoms with Gasteiger partial charge in [-0.15, -0.1) is 0 Å². The zero-order chi connectivity index (χ0) is 19.1. The number of amides is 1. The molecule has 0 saturated carbocycles. The lowest BCUT2D eigenvalue weighted by atomic mass is 10.1. The molecule has 1 aliphatic heterocycles. The molecule has 2 aromatic rings. The second-order valence-electron chi connectivity index (χ2n) is 6.62. The van der Waals surface area contributed by atoms with Crippen molar-refractivity contribution in [3.8, 4) is 0 Å². The molecule has 0 saturated heterocycles. The highest BCUT2D eigenvalue weighted by Crippen LogP contribution is 2.33. The van der Waals surface area contributed by atoms with Crippen molar-refractivity contribution in [2.24, 2.45) is 7.05 Å². The van der Waals surface area contributed by atoms with Gasteiger partial charge in [0.25, 0.3) is 5.91 Å². The molecule has 1 atom stereocenters. The number of benzene rings is 1. The number of carbonyl (C=O) groups excluding carboxylic acids is 1. The molecule has 0 bridgehead atoms. The Bertz CT molecular complexity index is 929. The van der Waals surface area contributed by atoms with E-state index < -0.39 is 10.0 Å². The first-order valence-corrected chi connectivity index (χ1v) is 10.3. The summed E-state index contributed by atoms with van der Waals surface area (Å²) in [5.41, 5.74) is 2.41. The number of hydrogen-bond donors (Lipinski definition) is 0. The van der Waals surface area contributed by atoms with Crippen molar-refractivity contribution in [2.75, 3.05) is 18.0 Å². The molecule has 1 aliphatic rings. The number of fused-ring (bicyclic) bond motifs is 1. The van der Waals surface area contributed by atoms with Gasteiger partial charge in [0.05, 0.1) is 0 Å². The Kier molecular flexibility index (Phi) is 4.94. The van der Waals surface area contributed by atoms with Crippen molar-refractivity contribution in [3.05, 3.63) is 47.8 Å². The Balaban J connectivity index is 1.99. The largest absolute Gasteiger partial charge is 0.345 e. The average Bonchev–Trinajstić information content (AvgIpc) is 3.15. The minimum Gasteiger partial charge on any atom is -0.345 e. The van der Waals surface area contributed by atoms with Gasteiger partial charge in [-0.1, -0.05) is 32.0 Å². The van der Waals surface area contributed by atoms with E-state index in [1.807, 2.05) is 31.2 Å². The highest BCUT2D eigenvalue weighted by atomic mass is 32.2. The van der Waals surface area contributed by atoms with Gasteiger partial charge in [-0.2, -0.15) is 4.31 Å². The Morgan fingerprint density at radius 1 is 1.23 bits per heavy atom. The maximum atomic E-state index is 13.2. The summed E-state index contributed by atoms with van der Waals surface area (Å²) in [6, 6.07) is 9.38. The fraction of sp³-hybridized carbons (Fsp3) is 0.421. The maximum absolute atomic E-state index is 13.2. The van der Waals surface area contributed by atoms with E-state index in [4.69, 9.17) is 0 Å². The molecule has 0 spiro atoms. The van der Waals surface area contributed by atoms with Gasteiger partial charge >= 0.3 is 0 Å². The summed E-state index contributed by atoms with van der Waals surface area (Å²) in [6.07, 6.45) is 2.32. The number of carbonyl (C=O) groups is 1. The second kappa shape index (κ2) is 6.89. The predicted molar refractivity (Wildman–Crippen MR) is 102 cm³/mol. The van der Waals surface area contributed by atoms with Gasteiger partial charge in [-0.25, -0.2) is 8.42 Å². The highest BCUT2D eigenvalue weighted by Gasteiger charge is 2.33. The summed E-state index contributed by atoms with van der Waals surface area (Å²) in [6.45, 7) is 6.41. The van der Waals surface area contributed by atoms with Crippen molar-refractivity contribution in [3.63, 3.8) is 0 Å². The number of anilines is 1. The Labute approximate surface area is 155 Å².